The van der Waals surface area contributed by atoms with Crippen LogP contribution in [0.25, 0.3) is 0 Å². The first-order valence-electron chi connectivity index (χ1n) is 18.5. The summed E-state index contributed by atoms with van der Waals surface area (Å²) in [5.41, 5.74) is 0. The number of halogens is 5. The molecule has 0 aromatic heterocycles. The molecule has 1 nitrogen and oxygen atoms in total. The molecule has 6 heteroatoms. The van der Waals surface area contributed by atoms with Gasteiger partial charge < -0.3 is 4.74 Å². The smallest absolute Gasteiger partial charge is 0.400 e. The average molecular weight is 639 g/mol. The van der Waals surface area contributed by atoms with Crippen molar-refractivity contribution in [3.8, 4) is 5.75 Å². The van der Waals surface area contributed by atoms with Crippen molar-refractivity contribution in [3.63, 3.8) is 0 Å². The Kier molecular flexibility index (Phi) is 14.1. The molecule has 4 aliphatic rings. The number of hydrogen-bond donors (Lipinski definition) is 0. The first-order valence-corrected chi connectivity index (χ1v) is 18.5. The van der Waals surface area contributed by atoms with Crippen molar-refractivity contribution in [2.24, 2.45) is 47.3 Å². The van der Waals surface area contributed by atoms with E-state index in [1.54, 1.807) is 0 Å². The Balaban J connectivity index is 0.000000231. The molecule has 5 rings (SSSR count). The minimum atomic E-state index is -3.53. The monoisotopic (exact) mass is 638 g/mol. The lowest BCUT2D eigenvalue weighted by atomic mass is 9.68. The van der Waals surface area contributed by atoms with Crippen molar-refractivity contribution >= 4 is 0 Å². The molecule has 4 fully saturated rings. The Morgan fingerprint density at radius 3 is 1.40 bits per heavy atom. The molecule has 1 aromatic rings. The van der Waals surface area contributed by atoms with Crippen LogP contribution in [0.5, 0.6) is 5.75 Å². The van der Waals surface area contributed by atoms with Crippen LogP contribution in [0, 0.1) is 64.8 Å². The zero-order valence-electron chi connectivity index (χ0n) is 28.0. The van der Waals surface area contributed by atoms with Crippen molar-refractivity contribution in [2.75, 3.05) is 0 Å². The fourth-order valence-electron chi connectivity index (χ4n) is 9.32. The molecule has 1 aromatic carbocycles. The van der Waals surface area contributed by atoms with Gasteiger partial charge in [0.1, 0.15) is 5.75 Å². The third kappa shape index (κ3) is 10.4. The lowest BCUT2D eigenvalue weighted by Gasteiger charge is -2.39. The zero-order valence-corrected chi connectivity index (χ0v) is 28.0. The van der Waals surface area contributed by atoms with E-state index in [-0.39, 0.29) is 0 Å². The predicted octanol–water partition coefficient (Wildman–Crippen LogP) is 13.1. The van der Waals surface area contributed by atoms with E-state index in [1.807, 2.05) is 0 Å². The highest BCUT2D eigenvalue weighted by Crippen LogP contribution is 2.46. The molecular formula is C39H59F5O. The van der Waals surface area contributed by atoms with Crippen LogP contribution in [0.4, 0.5) is 22.0 Å². The first-order chi connectivity index (χ1) is 21.6. The van der Waals surface area contributed by atoms with Gasteiger partial charge in [0.25, 0.3) is 0 Å². The van der Waals surface area contributed by atoms with Crippen LogP contribution in [-0.2, 0) is 0 Å². The molecular weight excluding hydrogens is 579 g/mol. The second-order valence-electron chi connectivity index (χ2n) is 15.0. The quantitative estimate of drug-likeness (QED) is 0.141. The van der Waals surface area contributed by atoms with Gasteiger partial charge in [0, 0.05) is 12.1 Å². The Morgan fingerprint density at radius 1 is 0.644 bits per heavy atom. The van der Waals surface area contributed by atoms with Gasteiger partial charge >= 0.3 is 6.11 Å². The normalized spacial score (nSPS) is 32.7. The molecule has 0 atom stereocenters. The second-order valence-corrected chi connectivity index (χ2v) is 15.0. The van der Waals surface area contributed by atoms with Crippen LogP contribution >= 0.6 is 0 Å². The predicted molar refractivity (Wildman–Crippen MR) is 174 cm³/mol. The van der Waals surface area contributed by atoms with Gasteiger partial charge in [-0.3, -0.25) is 0 Å². The maximum atomic E-state index is 14.5. The van der Waals surface area contributed by atoms with E-state index < -0.39 is 35.2 Å². The molecule has 0 spiro atoms. The summed E-state index contributed by atoms with van der Waals surface area (Å²) >= 11 is 0. The van der Waals surface area contributed by atoms with Gasteiger partial charge in [-0.2, -0.15) is 8.78 Å². The summed E-state index contributed by atoms with van der Waals surface area (Å²) in [6, 6.07) is 0.930. The van der Waals surface area contributed by atoms with E-state index >= 15 is 0 Å². The molecule has 4 aliphatic carbocycles. The number of allylic oxidation sites excluding steroid dienone is 1. The summed E-state index contributed by atoms with van der Waals surface area (Å²) < 4.78 is 73.1. The Bertz CT molecular complexity index is 987. The SMILES string of the molecule is C=CC1CCC(C2CCC(CCC)CC2)CC1.CCCC1CCC(C2CCC(C(F)(F)Oc3cc(F)c(F)c(F)c3)CC2)CC1. The molecule has 0 aliphatic heterocycles. The van der Waals surface area contributed by atoms with Crippen LogP contribution in [0.3, 0.4) is 0 Å². The van der Waals surface area contributed by atoms with Crippen LogP contribution in [0.2, 0.25) is 0 Å². The highest BCUT2D eigenvalue weighted by Gasteiger charge is 2.45. The highest BCUT2D eigenvalue weighted by molar-refractivity contribution is 5.25. The summed E-state index contributed by atoms with van der Waals surface area (Å²) in [5.74, 6) is -0.447. The largest absolute Gasteiger partial charge is 0.432 e. The molecule has 0 heterocycles. The van der Waals surface area contributed by atoms with Crippen molar-refractivity contribution in [2.45, 2.75) is 148 Å². The van der Waals surface area contributed by atoms with Crippen molar-refractivity contribution in [3.05, 3.63) is 42.2 Å². The van der Waals surface area contributed by atoms with Gasteiger partial charge in [0.2, 0.25) is 0 Å². The summed E-state index contributed by atoms with van der Waals surface area (Å²) in [7, 11) is 0. The summed E-state index contributed by atoms with van der Waals surface area (Å²) in [6.07, 6.45) is 23.0. The van der Waals surface area contributed by atoms with E-state index in [0.29, 0.717) is 36.8 Å². The molecule has 0 saturated heterocycles. The molecule has 4 saturated carbocycles. The van der Waals surface area contributed by atoms with Crippen LogP contribution < -0.4 is 4.74 Å². The van der Waals surface area contributed by atoms with Gasteiger partial charge in [-0.05, 0) is 118 Å². The number of benzene rings is 1. The Labute approximate surface area is 270 Å². The maximum Gasteiger partial charge on any atom is 0.400 e. The molecule has 0 unspecified atom stereocenters. The van der Waals surface area contributed by atoms with Gasteiger partial charge in [-0.25, -0.2) is 13.2 Å². The number of rotatable bonds is 10. The van der Waals surface area contributed by atoms with E-state index in [2.05, 4.69) is 31.2 Å². The summed E-state index contributed by atoms with van der Waals surface area (Å²) in [6.45, 7) is 8.50. The van der Waals surface area contributed by atoms with Gasteiger partial charge in [0.15, 0.2) is 17.5 Å². The molecule has 45 heavy (non-hydrogen) atoms. The number of ether oxygens (including phenoxy) is 1. The average Bonchev–Trinajstić information content (AvgIpc) is 3.05. The number of hydrogen-bond acceptors (Lipinski definition) is 1. The zero-order chi connectivity index (χ0) is 32.4. The summed E-state index contributed by atoms with van der Waals surface area (Å²) in [4.78, 5) is 0. The molecule has 0 amide bonds. The van der Waals surface area contributed by atoms with Crippen molar-refractivity contribution < 1.29 is 26.7 Å². The van der Waals surface area contributed by atoms with Crippen LogP contribution in [0.15, 0.2) is 24.8 Å². The molecule has 256 valence electrons. The van der Waals surface area contributed by atoms with Crippen molar-refractivity contribution in [1.82, 2.24) is 0 Å². The highest BCUT2D eigenvalue weighted by atomic mass is 19.3. The lowest BCUT2D eigenvalue weighted by Crippen LogP contribution is -2.38. The van der Waals surface area contributed by atoms with Gasteiger partial charge in [-0.1, -0.05) is 71.3 Å². The topological polar surface area (TPSA) is 9.23 Å². The molecule has 0 N–H and O–H groups in total. The second kappa shape index (κ2) is 17.5. The number of alkyl halides is 2. The van der Waals surface area contributed by atoms with Crippen LogP contribution in [-0.4, -0.2) is 6.11 Å². The Hall–Kier alpha value is -1.59. The lowest BCUT2D eigenvalue weighted by molar-refractivity contribution is -0.224. The standard InChI is InChI=1S/C22H29F5O.C17H30/c1-2-3-14-4-6-15(7-5-14)16-8-10-17(11-9-16)22(26,27)28-18-12-19(23)21(25)20(24)13-18;1-3-5-15-8-12-17(13-9-15)16-10-6-14(4-2)7-11-16/h12-17H,2-11H2,1H3;4,14-17H,2-3,5-13H2,1H3. The van der Waals surface area contributed by atoms with Gasteiger partial charge in [0.05, 0.1) is 5.92 Å². The van der Waals surface area contributed by atoms with E-state index in [9.17, 15) is 22.0 Å². The van der Waals surface area contributed by atoms with E-state index in [4.69, 9.17) is 0 Å². The van der Waals surface area contributed by atoms with Crippen LogP contribution in [0.1, 0.15) is 142 Å². The third-order valence-corrected chi connectivity index (χ3v) is 12.1. The fraction of sp³-hybridized carbons (Fsp3) is 0.795. The Morgan fingerprint density at radius 2 is 1.02 bits per heavy atom. The minimum absolute atomic E-state index is 0.332. The summed E-state index contributed by atoms with van der Waals surface area (Å²) in [5, 5.41) is 0. The molecule has 0 radical (unpaired) electrons. The third-order valence-electron chi connectivity index (χ3n) is 12.1. The maximum absolute atomic E-state index is 14.5. The van der Waals surface area contributed by atoms with E-state index in [1.165, 1.54) is 103 Å². The first kappa shape index (κ1) is 36.2. The van der Waals surface area contributed by atoms with Gasteiger partial charge in [-0.15, -0.1) is 6.58 Å². The van der Waals surface area contributed by atoms with E-state index in [0.717, 1.165) is 42.4 Å². The minimum Gasteiger partial charge on any atom is -0.432 e. The fourth-order valence-corrected chi connectivity index (χ4v) is 9.32. The molecule has 0 bridgehead atoms. The van der Waals surface area contributed by atoms with Crippen molar-refractivity contribution in [1.29, 1.82) is 0 Å².